The Hall–Kier alpha value is -2.29. The van der Waals surface area contributed by atoms with Crippen molar-refractivity contribution in [3.63, 3.8) is 0 Å². The zero-order valence-electron chi connectivity index (χ0n) is 13.6. The van der Waals surface area contributed by atoms with E-state index in [9.17, 15) is 4.79 Å². The third-order valence-corrected chi connectivity index (χ3v) is 3.87. The largest absolute Gasteiger partial charge is 0.497 e. The summed E-state index contributed by atoms with van der Waals surface area (Å²) in [5.74, 6) is 0.795. The number of rotatable bonds is 5. The molecular weight excluding hydrogens is 274 g/mol. The zero-order valence-corrected chi connectivity index (χ0v) is 13.6. The van der Waals surface area contributed by atoms with Gasteiger partial charge < -0.3 is 10.1 Å². The molecule has 1 atom stereocenters. The first-order valence-electron chi connectivity index (χ1n) is 7.57. The molecule has 0 unspecified atom stereocenters. The number of carbonyl (C=O) groups is 1. The van der Waals surface area contributed by atoms with Crippen molar-refractivity contribution < 1.29 is 9.53 Å². The summed E-state index contributed by atoms with van der Waals surface area (Å²) in [4.78, 5) is 12.5. The lowest BCUT2D eigenvalue weighted by Gasteiger charge is -2.19. The Labute approximate surface area is 132 Å². The molecule has 0 aromatic heterocycles. The molecule has 0 saturated carbocycles. The lowest BCUT2D eigenvalue weighted by molar-refractivity contribution is 0.0935. The van der Waals surface area contributed by atoms with Gasteiger partial charge in [-0.2, -0.15) is 0 Å². The fraction of sp³-hybridized carbons (Fsp3) is 0.316. The van der Waals surface area contributed by atoms with Gasteiger partial charge in [-0.25, -0.2) is 0 Å². The van der Waals surface area contributed by atoms with Crippen LogP contribution in [0.4, 0.5) is 0 Å². The second-order valence-corrected chi connectivity index (χ2v) is 5.53. The molecule has 0 fully saturated rings. The van der Waals surface area contributed by atoms with Gasteiger partial charge >= 0.3 is 0 Å². The number of benzene rings is 2. The number of hydrogen-bond acceptors (Lipinski definition) is 2. The van der Waals surface area contributed by atoms with E-state index in [1.54, 1.807) is 7.11 Å². The van der Waals surface area contributed by atoms with Crippen molar-refractivity contribution in [2.75, 3.05) is 7.11 Å². The van der Waals surface area contributed by atoms with Gasteiger partial charge in [0.05, 0.1) is 13.2 Å². The Morgan fingerprint density at radius 1 is 1.14 bits per heavy atom. The number of nitrogens with one attached hydrogen (secondary N) is 1. The summed E-state index contributed by atoms with van der Waals surface area (Å²) in [5.41, 5.74) is 3.91. The fourth-order valence-electron chi connectivity index (χ4n) is 2.47. The molecule has 2 aromatic carbocycles. The van der Waals surface area contributed by atoms with Crippen molar-refractivity contribution in [3.8, 4) is 5.75 Å². The molecule has 0 aliphatic heterocycles. The number of carbonyl (C=O) groups excluding carboxylic acids is 1. The van der Waals surface area contributed by atoms with Crippen LogP contribution in [0.2, 0.25) is 0 Å². The summed E-state index contributed by atoms with van der Waals surface area (Å²) in [6.07, 6.45) is 0.836. The minimum absolute atomic E-state index is 0.00156. The van der Waals surface area contributed by atoms with E-state index >= 15 is 0 Å². The summed E-state index contributed by atoms with van der Waals surface area (Å²) < 4.78 is 5.17. The highest BCUT2D eigenvalue weighted by Gasteiger charge is 2.15. The van der Waals surface area contributed by atoms with E-state index in [1.807, 2.05) is 56.3 Å². The normalized spacial score (nSPS) is 11.8. The molecule has 0 saturated heterocycles. The summed E-state index contributed by atoms with van der Waals surface area (Å²) in [6.45, 7) is 6.03. The molecule has 2 rings (SSSR count). The first-order chi connectivity index (χ1) is 10.5. The number of aryl methyl sites for hydroxylation is 2. The summed E-state index contributed by atoms with van der Waals surface area (Å²) >= 11 is 0. The molecule has 0 heterocycles. The Morgan fingerprint density at radius 3 is 2.41 bits per heavy atom. The molecule has 0 bridgehead atoms. The fourth-order valence-corrected chi connectivity index (χ4v) is 2.47. The monoisotopic (exact) mass is 297 g/mol. The van der Waals surface area contributed by atoms with E-state index in [0.29, 0.717) is 0 Å². The van der Waals surface area contributed by atoms with Crippen molar-refractivity contribution in [1.29, 1.82) is 0 Å². The molecule has 0 radical (unpaired) electrons. The lowest BCUT2D eigenvalue weighted by atomic mass is 10.0. The topological polar surface area (TPSA) is 38.3 Å². The lowest BCUT2D eigenvalue weighted by Crippen LogP contribution is -2.28. The predicted molar refractivity (Wildman–Crippen MR) is 89.4 cm³/mol. The van der Waals surface area contributed by atoms with Gasteiger partial charge in [-0.3, -0.25) is 4.79 Å². The van der Waals surface area contributed by atoms with Crippen LogP contribution in [0, 0.1) is 13.8 Å². The van der Waals surface area contributed by atoms with Crippen LogP contribution >= 0.6 is 0 Å². The Morgan fingerprint density at radius 2 is 1.82 bits per heavy atom. The minimum Gasteiger partial charge on any atom is -0.497 e. The van der Waals surface area contributed by atoms with Crippen LogP contribution in [0.25, 0.3) is 0 Å². The molecular formula is C19H23NO2. The second kappa shape index (κ2) is 7.12. The van der Waals surface area contributed by atoms with Crippen molar-refractivity contribution in [2.45, 2.75) is 33.2 Å². The highest BCUT2D eigenvalue weighted by Crippen LogP contribution is 2.21. The third-order valence-electron chi connectivity index (χ3n) is 3.87. The van der Waals surface area contributed by atoms with Gasteiger partial charge in [0.15, 0.2) is 0 Å². The van der Waals surface area contributed by atoms with Gasteiger partial charge in [0.2, 0.25) is 0 Å². The summed E-state index contributed by atoms with van der Waals surface area (Å²) in [5, 5.41) is 3.13. The molecule has 116 valence electrons. The van der Waals surface area contributed by atoms with E-state index in [2.05, 4.69) is 12.2 Å². The van der Waals surface area contributed by atoms with Crippen LogP contribution in [-0.2, 0) is 0 Å². The van der Waals surface area contributed by atoms with Gasteiger partial charge in [-0.15, -0.1) is 0 Å². The summed E-state index contributed by atoms with van der Waals surface area (Å²) in [7, 11) is 1.65. The zero-order chi connectivity index (χ0) is 16.1. The SMILES string of the molecule is CC[C@@H](NC(=O)c1cc(C)ccc1C)c1ccc(OC)cc1. The van der Waals surface area contributed by atoms with Crippen LogP contribution in [0.1, 0.15) is 46.4 Å². The molecule has 3 nitrogen and oxygen atoms in total. The molecule has 3 heteroatoms. The van der Waals surface area contributed by atoms with E-state index in [0.717, 1.165) is 34.4 Å². The molecule has 0 aliphatic rings. The third kappa shape index (κ3) is 3.67. The van der Waals surface area contributed by atoms with Gasteiger partial charge in [-0.05, 0) is 49.6 Å². The second-order valence-electron chi connectivity index (χ2n) is 5.53. The number of hydrogen-bond donors (Lipinski definition) is 1. The quantitative estimate of drug-likeness (QED) is 0.898. The van der Waals surface area contributed by atoms with Gasteiger partial charge in [0.1, 0.15) is 5.75 Å². The van der Waals surface area contributed by atoms with Crippen LogP contribution < -0.4 is 10.1 Å². The molecule has 22 heavy (non-hydrogen) atoms. The minimum atomic E-state index is -0.0242. The molecule has 0 spiro atoms. The number of ether oxygens (including phenoxy) is 1. The predicted octanol–water partition coefficient (Wildman–Crippen LogP) is 4.19. The molecule has 1 amide bonds. The first kappa shape index (κ1) is 16.1. The highest BCUT2D eigenvalue weighted by molar-refractivity contribution is 5.96. The van der Waals surface area contributed by atoms with E-state index in [4.69, 9.17) is 4.74 Å². The maximum absolute atomic E-state index is 12.5. The smallest absolute Gasteiger partial charge is 0.252 e. The standard InChI is InChI=1S/C19H23NO2/c1-5-18(15-8-10-16(22-4)11-9-15)20-19(21)17-12-13(2)6-7-14(17)3/h6-12,18H,5H2,1-4H3,(H,20,21)/t18-/m1/s1. The molecule has 1 N–H and O–H groups in total. The number of methoxy groups -OCH3 is 1. The van der Waals surface area contributed by atoms with Crippen molar-refractivity contribution in [3.05, 3.63) is 64.7 Å². The van der Waals surface area contributed by atoms with Crippen molar-refractivity contribution in [1.82, 2.24) is 5.32 Å². The van der Waals surface area contributed by atoms with Crippen molar-refractivity contribution in [2.24, 2.45) is 0 Å². The molecule has 0 aliphatic carbocycles. The van der Waals surface area contributed by atoms with E-state index < -0.39 is 0 Å². The average molecular weight is 297 g/mol. The van der Waals surface area contributed by atoms with Gasteiger partial charge in [0, 0.05) is 5.56 Å². The van der Waals surface area contributed by atoms with E-state index in [1.165, 1.54) is 0 Å². The van der Waals surface area contributed by atoms with Crippen molar-refractivity contribution >= 4 is 5.91 Å². The summed E-state index contributed by atoms with van der Waals surface area (Å²) in [6, 6.07) is 13.8. The average Bonchev–Trinajstić information content (AvgIpc) is 2.54. The van der Waals surface area contributed by atoms with Crippen LogP contribution in [0.15, 0.2) is 42.5 Å². The van der Waals surface area contributed by atoms with Gasteiger partial charge in [0.25, 0.3) is 5.91 Å². The number of amides is 1. The maximum Gasteiger partial charge on any atom is 0.252 e. The Balaban J connectivity index is 2.18. The maximum atomic E-state index is 12.5. The molecule has 2 aromatic rings. The Kier molecular flexibility index (Phi) is 5.21. The van der Waals surface area contributed by atoms with Crippen LogP contribution in [-0.4, -0.2) is 13.0 Å². The highest BCUT2D eigenvalue weighted by atomic mass is 16.5. The van der Waals surface area contributed by atoms with Crippen LogP contribution in [0.5, 0.6) is 5.75 Å². The first-order valence-corrected chi connectivity index (χ1v) is 7.57. The Bertz CT molecular complexity index is 647. The van der Waals surface area contributed by atoms with Crippen LogP contribution in [0.3, 0.4) is 0 Å². The van der Waals surface area contributed by atoms with E-state index in [-0.39, 0.29) is 11.9 Å². The van der Waals surface area contributed by atoms with Gasteiger partial charge in [-0.1, -0.05) is 36.8 Å².